The summed E-state index contributed by atoms with van der Waals surface area (Å²) in [6, 6.07) is 7.80. The zero-order valence-corrected chi connectivity index (χ0v) is 15.0. The van der Waals surface area contributed by atoms with Gasteiger partial charge in [0.2, 0.25) is 0 Å². The van der Waals surface area contributed by atoms with Gasteiger partial charge in [-0.25, -0.2) is 0 Å². The van der Waals surface area contributed by atoms with E-state index in [-0.39, 0.29) is 0 Å². The molecule has 0 saturated carbocycles. The first kappa shape index (κ1) is 13.9. The van der Waals surface area contributed by atoms with E-state index in [4.69, 9.17) is 0 Å². The summed E-state index contributed by atoms with van der Waals surface area (Å²) in [4.78, 5) is 0. The van der Waals surface area contributed by atoms with Gasteiger partial charge >= 0.3 is 0 Å². The normalized spacial score (nSPS) is 21.4. The summed E-state index contributed by atoms with van der Waals surface area (Å²) in [5, 5.41) is 0. The van der Waals surface area contributed by atoms with Crippen molar-refractivity contribution in [2.75, 3.05) is 4.23 Å². The Morgan fingerprint density at radius 3 is 1.61 bits per heavy atom. The van der Waals surface area contributed by atoms with Crippen molar-refractivity contribution in [3.8, 4) is 0 Å². The molecule has 0 aromatic heterocycles. The second-order valence-electron chi connectivity index (χ2n) is 7.16. The number of anilines is 1. The van der Waals surface area contributed by atoms with E-state index in [1.54, 1.807) is 0 Å². The Hall–Kier alpha value is -0.546. The Kier molecular flexibility index (Phi) is 3.27. The SMILES string of the molecule is Cc1cc(N2[Si](C)(C)CC[Si]2(C)C)cc(C)c1C. The fourth-order valence-corrected chi connectivity index (χ4v) is 17.7. The highest BCUT2D eigenvalue weighted by Gasteiger charge is 2.47. The molecule has 100 valence electrons. The minimum atomic E-state index is -1.21. The predicted molar refractivity (Wildman–Crippen MR) is 87.7 cm³/mol. The third-order valence-corrected chi connectivity index (χ3v) is 14.7. The molecule has 0 bridgehead atoms. The van der Waals surface area contributed by atoms with Crippen LogP contribution in [0.15, 0.2) is 12.1 Å². The van der Waals surface area contributed by atoms with Crippen LogP contribution in [0.2, 0.25) is 38.3 Å². The topological polar surface area (TPSA) is 3.24 Å². The first-order chi connectivity index (χ1) is 8.15. The summed E-state index contributed by atoms with van der Waals surface area (Å²) in [7, 11) is -2.43. The molecule has 0 unspecified atom stereocenters. The molecule has 1 aliphatic rings. The van der Waals surface area contributed by atoms with Crippen LogP contribution < -0.4 is 4.23 Å². The number of aryl methyl sites for hydroxylation is 2. The van der Waals surface area contributed by atoms with Gasteiger partial charge in [-0.3, -0.25) is 0 Å². The van der Waals surface area contributed by atoms with Gasteiger partial charge in [0, 0.05) is 5.69 Å². The number of benzene rings is 1. The van der Waals surface area contributed by atoms with E-state index in [0.717, 1.165) is 0 Å². The van der Waals surface area contributed by atoms with Gasteiger partial charge in [-0.2, -0.15) is 0 Å². The minimum absolute atomic E-state index is 1.21. The molecule has 1 nitrogen and oxygen atoms in total. The lowest BCUT2D eigenvalue weighted by Gasteiger charge is -2.42. The molecule has 1 fully saturated rings. The van der Waals surface area contributed by atoms with Crippen LogP contribution in [0.25, 0.3) is 0 Å². The molecule has 0 atom stereocenters. The van der Waals surface area contributed by atoms with Gasteiger partial charge in [-0.1, -0.05) is 26.2 Å². The molecule has 1 aromatic rings. The van der Waals surface area contributed by atoms with Crippen LogP contribution in [0, 0.1) is 20.8 Å². The van der Waals surface area contributed by atoms with Crippen molar-refractivity contribution in [3.63, 3.8) is 0 Å². The molecule has 0 amide bonds. The van der Waals surface area contributed by atoms with Crippen LogP contribution in [-0.2, 0) is 0 Å². The lowest BCUT2D eigenvalue weighted by atomic mass is 10.0. The molecule has 0 aliphatic carbocycles. The van der Waals surface area contributed by atoms with Crippen molar-refractivity contribution in [3.05, 3.63) is 28.8 Å². The van der Waals surface area contributed by atoms with Crippen LogP contribution in [-0.4, -0.2) is 16.5 Å². The Balaban J connectivity index is 2.54. The molecule has 0 spiro atoms. The molecule has 2 rings (SSSR count). The summed E-state index contributed by atoms with van der Waals surface area (Å²) in [5.41, 5.74) is 5.87. The van der Waals surface area contributed by atoms with Crippen molar-refractivity contribution < 1.29 is 0 Å². The Labute approximate surface area is 114 Å². The van der Waals surface area contributed by atoms with E-state index in [0.29, 0.717) is 0 Å². The second kappa shape index (κ2) is 4.24. The highest BCUT2D eigenvalue weighted by atomic mass is 28.4. The van der Waals surface area contributed by atoms with Crippen LogP contribution in [0.3, 0.4) is 0 Å². The molecule has 1 aromatic carbocycles. The van der Waals surface area contributed by atoms with E-state index < -0.39 is 16.5 Å². The monoisotopic (exact) mass is 277 g/mol. The summed E-state index contributed by atoms with van der Waals surface area (Å²) < 4.78 is 2.90. The Morgan fingerprint density at radius 2 is 1.22 bits per heavy atom. The number of nitrogens with zero attached hydrogens (tertiary/aromatic N) is 1. The fraction of sp³-hybridized carbons (Fsp3) is 0.600. The highest BCUT2D eigenvalue weighted by molar-refractivity contribution is 7.04. The number of rotatable bonds is 1. The highest BCUT2D eigenvalue weighted by Crippen LogP contribution is 2.41. The first-order valence-electron chi connectivity index (χ1n) is 7.03. The van der Waals surface area contributed by atoms with Crippen molar-refractivity contribution >= 4 is 22.2 Å². The lowest BCUT2D eigenvalue weighted by Crippen LogP contribution is -2.55. The molecular formula is C15H27NSi2. The van der Waals surface area contributed by atoms with Gasteiger partial charge in [0.25, 0.3) is 0 Å². The third kappa shape index (κ3) is 2.18. The zero-order chi connectivity index (χ0) is 13.7. The first-order valence-corrected chi connectivity index (χ1v) is 13.3. The van der Waals surface area contributed by atoms with Crippen LogP contribution >= 0.6 is 0 Å². The van der Waals surface area contributed by atoms with Crippen molar-refractivity contribution in [2.24, 2.45) is 0 Å². The standard InChI is InChI=1S/C15H27NSi2/c1-12-10-15(11-13(2)14(12)3)16-17(4,5)8-9-18(16,6)7/h10-11H,8-9H2,1-7H3. The molecule has 1 aliphatic heterocycles. The van der Waals surface area contributed by atoms with E-state index in [1.807, 2.05) is 0 Å². The van der Waals surface area contributed by atoms with E-state index in [2.05, 4.69) is 63.3 Å². The molecule has 3 heteroatoms. The average molecular weight is 278 g/mol. The van der Waals surface area contributed by atoms with Crippen molar-refractivity contribution in [1.29, 1.82) is 0 Å². The summed E-state index contributed by atoms with van der Waals surface area (Å²) in [6.07, 6.45) is 0. The van der Waals surface area contributed by atoms with Gasteiger partial charge in [-0.15, -0.1) is 0 Å². The molecule has 1 heterocycles. The average Bonchev–Trinajstić information content (AvgIpc) is 2.44. The summed E-state index contributed by atoms with van der Waals surface area (Å²) in [5.74, 6) is 0. The van der Waals surface area contributed by atoms with Crippen LogP contribution in [0.5, 0.6) is 0 Å². The maximum Gasteiger partial charge on any atom is 0.141 e. The maximum atomic E-state index is 2.90. The van der Waals surface area contributed by atoms with Crippen molar-refractivity contribution in [1.82, 2.24) is 0 Å². The van der Waals surface area contributed by atoms with E-state index >= 15 is 0 Å². The Bertz CT molecular complexity index is 438. The van der Waals surface area contributed by atoms with Crippen molar-refractivity contribution in [2.45, 2.75) is 59.0 Å². The lowest BCUT2D eigenvalue weighted by molar-refractivity contribution is 1.25. The Morgan fingerprint density at radius 1 is 0.833 bits per heavy atom. The molecule has 0 radical (unpaired) electrons. The second-order valence-corrected chi connectivity index (χ2v) is 16.8. The van der Waals surface area contributed by atoms with Gasteiger partial charge in [0.1, 0.15) is 16.5 Å². The van der Waals surface area contributed by atoms with Gasteiger partial charge in [-0.05, 0) is 61.7 Å². The van der Waals surface area contributed by atoms with E-state index in [9.17, 15) is 0 Å². The van der Waals surface area contributed by atoms with Gasteiger partial charge in [0.05, 0.1) is 0 Å². The third-order valence-electron chi connectivity index (χ3n) is 4.73. The molecule has 0 N–H and O–H groups in total. The smallest absolute Gasteiger partial charge is 0.141 e. The van der Waals surface area contributed by atoms with Gasteiger partial charge < -0.3 is 4.23 Å². The molecular weight excluding hydrogens is 250 g/mol. The van der Waals surface area contributed by atoms with Crippen LogP contribution in [0.4, 0.5) is 5.69 Å². The minimum Gasteiger partial charge on any atom is -0.424 e. The molecule has 18 heavy (non-hydrogen) atoms. The zero-order valence-electron chi connectivity index (χ0n) is 13.0. The fourth-order valence-electron chi connectivity index (χ4n) is 3.50. The van der Waals surface area contributed by atoms with Gasteiger partial charge in [0.15, 0.2) is 0 Å². The quantitative estimate of drug-likeness (QED) is 0.664. The predicted octanol–water partition coefficient (Wildman–Crippen LogP) is 4.84. The summed E-state index contributed by atoms with van der Waals surface area (Å²) >= 11 is 0. The maximum absolute atomic E-state index is 2.90. The van der Waals surface area contributed by atoms with Crippen LogP contribution in [0.1, 0.15) is 16.7 Å². The number of hydrogen-bond acceptors (Lipinski definition) is 1. The van der Waals surface area contributed by atoms with E-state index in [1.165, 1.54) is 34.5 Å². The number of hydrogen-bond donors (Lipinski definition) is 0. The summed E-state index contributed by atoms with van der Waals surface area (Å²) in [6.45, 7) is 16.9. The largest absolute Gasteiger partial charge is 0.424 e. The molecule has 1 saturated heterocycles.